The molecule has 1 aromatic rings. The van der Waals surface area contributed by atoms with Crippen LogP contribution in [0.4, 0.5) is 13.2 Å². The zero-order valence-corrected chi connectivity index (χ0v) is 9.53. The van der Waals surface area contributed by atoms with Gasteiger partial charge in [-0.3, -0.25) is 0 Å². The molecule has 1 aromatic carbocycles. The van der Waals surface area contributed by atoms with Crippen LogP contribution in [0.5, 0.6) is 11.5 Å². The topological polar surface area (TPSA) is 18.5 Å². The highest BCUT2D eigenvalue weighted by molar-refractivity contribution is 5.44. The molecule has 0 spiro atoms. The van der Waals surface area contributed by atoms with Crippen molar-refractivity contribution in [2.75, 3.05) is 14.2 Å². The van der Waals surface area contributed by atoms with Gasteiger partial charge in [-0.05, 0) is 5.92 Å². The van der Waals surface area contributed by atoms with Gasteiger partial charge in [0, 0.05) is 5.56 Å². The van der Waals surface area contributed by atoms with Gasteiger partial charge < -0.3 is 9.47 Å². The van der Waals surface area contributed by atoms with E-state index < -0.39 is 34.9 Å². The maximum atomic E-state index is 13.7. The summed E-state index contributed by atoms with van der Waals surface area (Å²) in [5, 5.41) is 0. The maximum absolute atomic E-state index is 13.7. The summed E-state index contributed by atoms with van der Waals surface area (Å²) in [6, 6.07) is 0. The zero-order chi connectivity index (χ0) is 12.5. The Hall–Kier alpha value is -1.39. The van der Waals surface area contributed by atoms with Crippen molar-refractivity contribution in [1.82, 2.24) is 0 Å². The minimum atomic E-state index is -1.16. The van der Waals surface area contributed by atoms with E-state index in [1.165, 1.54) is 0 Å². The Bertz CT molecular complexity index is 372. The van der Waals surface area contributed by atoms with Crippen LogP contribution in [0.2, 0.25) is 0 Å². The molecule has 0 fully saturated rings. The highest BCUT2D eigenvalue weighted by Crippen LogP contribution is 2.38. The first kappa shape index (κ1) is 12.7. The smallest absolute Gasteiger partial charge is 0.212 e. The van der Waals surface area contributed by atoms with Crippen molar-refractivity contribution >= 4 is 0 Å². The van der Waals surface area contributed by atoms with Crippen LogP contribution in [0.1, 0.15) is 25.3 Å². The number of methoxy groups -OCH3 is 2. The van der Waals surface area contributed by atoms with Gasteiger partial charge in [0.1, 0.15) is 0 Å². The largest absolute Gasteiger partial charge is 0.491 e. The van der Waals surface area contributed by atoms with Crippen molar-refractivity contribution in [1.29, 1.82) is 0 Å². The molecule has 0 saturated heterocycles. The lowest BCUT2D eigenvalue weighted by atomic mass is 10.0. The summed E-state index contributed by atoms with van der Waals surface area (Å²) in [4.78, 5) is 0. The van der Waals surface area contributed by atoms with Crippen molar-refractivity contribution in [3.05, 3.63) is 23.0 Å². The van der Waals surface area contributed by atoms with Gasteiger partial charge >= 0.3 is 0 Å². The number of halogens is 3. The fourth-order valence-electron chi connectivity index (χ4n) is 1.50. The summed E-state index contributed by atoms with van der Waals surface area (Å²) >= 11 is 0. The molecule has 0 aromatic heterocycles. The molecule has 0 radical (unpaired) electrons. The van der Waals surface area contributed by atoms with Crippen molar-refractivity contribution in [2.24, 2.45) is 0 Å². The molecular formula is C11H13F3O2. The molecule has 5 heteroatoms. The molecule has 0 atom stereocenters. The standard InChI is InChI=1S/C11H13F3O2/c1-5(2)6-7(12)10(15-3)9(14)11(16-4)8(6)13/h5H,1-4H3. The minimum absolute atomic E-state index is 0.241. The van der Waals surface area contributed by atoms with Gasteiger partial charge in [-0.2, -0.15) is 4.39 Å². The van der Waals surface area contributed by atoms with E-state index in [2.05, 4.69) is 9.47 Å². The number of benzene rings is 1. The van der Waals surface area contributed by atoms with Gasteiger partial charge in [0.25, 0.3) is 0 Å². The van der Waals surface area contributed by atoms with Crippen LogP contribution in [-0.2, 0) is 0 Å². The summed E-state index contributed by atoms with van der Waals surface area (Å²) < 4.78 is 50.0. The molecular weight excluding hydrogens is 221 g/mol. The maximum Gasteiger partial charge on any atom is 0.212 e. The lowest BCUT2D eigenvalue weighted by Gasteiger charge is -2.15. The third-order valence-corrected chi connectivity index (χ3v) is 2.26. The van der Waals surface area contributed by atoms with Gasteiger partial charge in [0.05, 0.1) is 14.2 Å². The van der Waals surface area contributed by atoms with Crippen LogP contribution in [0, 0.1) is 17.5 Å². The van der Waals surface area contributed by atoms with Crippen molar-refractivity contribution in [3.8, 4) is 11.5 Å². The van der Waals surface area contributed by atoms with Gasteiger partial charge in [-0.15, -0.1) is 0 Å². The average molecular weight is 234 g/mol. The second-order valence-electron chi connectivity index (χ2n) is 3.58. The lowest BCUT2D eigenvalue weighted by molar-refractivity contribution is 0.312. The third kappa shape index (κ3) is 1.81. The Morgan fingerprint density at radius 2 is 1.19 bits per heavy atom. The normalized spacial score (nSPS) is 10.8. The average Bonchev–Trinajstić information content (AvgIpc) is 2.18. The Labute approximate surface area is 92.0 Å². The molecule has 0 saturated carbocycles. The quantitative estimate of drug-likeness (QED) is 0.799. The lowest BCUT2D eigenvalue weighted by Crippen LogP contribution is -2.07. The van der Waals surface area contributed by atoms with Gasteiger partial charge in [0.15, 0.2) is 23.1 Å². The van der Waals surface area contributed by atoms with E-state index in [1.54, 1.807) is 13.8 Å². The van der Waals surface area contributed by atoms with E-state index in [9.17, 15) is 13.2 Å². The summed E-state index contributed by atoms with van der Waals surface area (Å²) in [7, 11) is 2.23. The van der Waals surface area contributed by atoms with E-state index >= 15 is 0 Å². The van der Waals surface area contributed by atoms with Gasteiger partial charge in [-0.25, -0.2) is 8.78 Å². The summed E-state index contributed by atoms with van der Waals surface area (Å²) in [5.74, 6) is -4.89. The Morgan fingerprint density at radius 3 is 1.44 bits per heavy atom. The predicted octanol–water partition coefficient (Wildman–Crippen LogP) is 3.24. The first-order valence-corrected chi connectivity index (χ1v) is 4.74. The van der Waals surface area contributed by atoms with E-state index in [4.69, 9.17) is 0 Å². The molecule has 0 aliphatic carbocycles. The van der Waals surface area contributed by atoms with Gasteiger partial charge in [0.2, 0.25) is 5.82 Å². The second kappa shape index (κ2) is 4.63. The fourth-order valence-corrected chi connectivity index (χ4v) is 1.50. The summed E-state index contributed by atoms with van der Waals surface area (Å²) in [6.07, 6.45) is 0. The molecule has 0 aliphatic rings. The molecule has 0 heterocycles. The first-order valence-electron chi connectivity index (χ1n) is 4.74. The highest BCUT2D eigenvalue weighted by Gasteiger charge is 2.27. The molecule has 1 rings (SSSR count). The molecule has 0 unspecified atom stereocenters. The molecule has 90 valence electrons. The SMILES string of the molecule is COc1c(F)c(OC)c(F)c(C(C)C)c1F. The molecule has 16 heavy (non-hydrogen) atoms. The highest BCUT2D eigenvalue weighted by atomic mass is 19.1. The van der Waals surface area contributed by atoms with Crippen molar-refractivity contribution in [2.45, 2.75) is 19.8 Å². The van der Waals surface area contributed by atoms with E-state index in [0.717, 1.165) is 14.2 Å². The van der Waals surface area contributed by atoms with Crippen LogP contribution in [-0.4, -0.2) is 14.2 Å². The Morgan fingerprint density at radius 1 is 0.812 bits per heavy atom. The van der Waals surface area contributed by atoms with Gasteiger partial charge in [-0.1, -0.05) is 13.8 Å². The monoisotopic (exact) mass is 234 g/mol. The number of ether oxygens (including phenoxy) is 2. The molecule has 0 aliphatic heterocycles. The third-order valence-electron chi connectivity index (χ3n) is 2.26. The number of hydrogen-bond donors (Lipinski definition) is 0. The molecule has 2 nitrogen and oxygen atoms in total. The fraction of sp³-hybridized carbons (Fsp3) is 0.455. The van der Waals surface area contributed by atoms with Crippen molar-refractivity contribution in [3.63, 3.8) is 0 Å². The number of rotatable bonds is 3. The number of hydrogen-bond acceptors (Lipinski definition) is 2. The van der Waals surface area contributed by atoms with Crippen LogP contribution in [0.3, 0.4) is 0 Å². The first-order chi connectivity index (χ1) is 7.45. The predicted molar refractivity (Wildman–Crippen MR) is 53.5 cm³/mol. The summed E-state index contributed by atoms with van der Waals surface area (Å²) in [5.41, 5.74) is -0.241. The zero-order valence-electron chi connectivity index (χ0n) is 9.53. The second-order valence-corrected chi connectivity index (χ2v) is 3.58. The van der Waals surface area contributed by atoms with Crippen LogP contribution >= 0.6 is 0 Å². The molecule has 0 bridgehead atoms. The van der Waals surface area contributed by atoms with E-state index in [-0.39, 0.29) is 5.56 Å². The summed E-state index contributed by atoms with van der Waals surface area (Å²) in [6.45, 7) is 3.19. The molecule has 0 N–H and O–H groups in total. The van der Waals surface area contributed by atoms with Crippen molar-refractivity contribution < 1.29 is 22.6 Å². The van der Waals surface area contributed by atoms with Crippen LogP contribution in [0.25, 0.3) is 0 Å². The molecule has 0 amide bonds. The Kier molecular flexibility index (Phi) is 3.67. The van der Waals surface area contributed by atoms with E-state index in [1.807, 2.05) is 0 Å². The van der Waals surface area contributed by atoms with Crippen LogP contribution in [0.15, 0.2) is 0 Å². The Balaban J connectivity index is 3.63. The minimum Gasteiger partial charge on any atom is -0.491 e. The van der Waals surface area contributed by atoms with E-state index in [0.29, 0.717) is 0 Å². The van der Waals surface area contributed by atoms with Crippen LogP contribution < -0.4 is 9.47 Å².